The van der Waals surface area contributed by atoms with Crippen molar-refractivity contribution in [3.63, 3.8) is 0 Å². The third kappa shape index (κ3) is 3.05. The predicted molar refractivity (Wildman–Crippen MR) is 74.2 cm³/mol. The van der Waals surface area contributed by atoms with Crippen molar-refractivity contribution in [1.29, 1.82) is 0 Å². The molecule has 3 rings (SSSR count). The van der Waals surface area contributed by atoms with Crippen LogP contribution in [0.2, 0.25) is 0 Å². The van der Waals surface area contributed by atoms with E-state index in [0.29, 0.717) is 18.3 Å². The normalized spacial score (nSPS) is 20.2. The molecule has 0 aliphatic carbocycles. The second-order valence-electron chi connectivity index (χ2n) is 5.25. The first-order valence-electron chi connectivity index (χ1n) is 6.90. The van der Waals surface area contributed by atoms with Crippen LogP contribution in [0, 0.1) is 13.8 Å². The Morgan fingerprint density at radius 2 is 2.05 bits per heavy atom. The molecule has 5 nitrogen and oxygen atoms in total. The average Bonchev–Trinajstić information content (AvgIpc) is 2.89. The van der Waals surface area contributed by atoms with E-state index in [1.54, 1.807) is 6.92 Å². The Morgan fingerprint density at radius 1 is 1.25 bits per heavy atom. The molecule has 0 spiro atoms. The first kappa shape index (κ1) is 13.3. The van der Waals surface area contributed by atoms with Crippen LogP contribution < -0.4 is 0 Å². The molecule has 20 heavy (non-hydrogen) atoms. The molecule has 0 saturated carbocycles. The van der Waals surface area contributed by atoms with Crippen LogP contribution >= 0.6 is 0 Å². The van der Waals surface area contributed by atoms with Crippen LogP contribution in [0.5, 0.6) is 0 Å². The van der Waals surface area contributed by atoms with E-state index in [0.717, 1.165) is 19.6 Å². The summed E-state index contributed by atoms with van der Waals surface area (Å²) < 4.78 is 10.8. The summed E-state index contributed by atoms with van der Waals surface area (Å²) in [4.78, 5) is 6.62. The molecule has 1 aliphatic heterocycles. The van der Waals surface area contributed by atoms with Crippen LogP contribution in [0.4, 0.5) is 0 Å². The highest BCUT2D eigenvalue weighted by Crippen LogP contribution is 2.21. The molecule has 106 valence electrons. The van der Waals surface area contributed by atoms with Gasteiger partial charge in [0.2, 0.25) is 11.7 Å². The van der Waals surface area contributed by atoms with E-state index in [1.165, 1.54) is 11.1 Å². The number of hydrogen-bond acceptors (Lipinski definition) is 5. The molecular weight excluding hydrogens is 254 g/mol. The minimum absolute atomic E-state index is 0.0911. The fraction of sp³-hybridized carbons (Fsp3) is 0.467. The van der Waals surface area contributed by atoms with Crippen LogP contribution in [0.1, 0.15) is 28.9 Å². The van der Waals surface area contributed by atoms with Gasteiger partial charge in [0.25, 0.3) is 0 Å². The van der Waals surface area contributed by atoms with E-state index in [2.05, 4.69) is 46.2 Å². The van der Waals surface area contributed by atoms with Crippen molar-refractivity contribution in [3.8, 4) is 0 Å². The lowest BCUT2D eigenvalue weighted by molar-refractivity contribution is -0.0380. The van der Waals surface area contributed by atoms with Crippen molar-refractivity contribution >= 4 is 0 Å². The second-order valence-corrected chi connectivity index (χ2v) is 5.25. The molecule has 0 amide bonds. The summed E-state index contributed by atoms with van der Waals surface area (Å²) >= 11 is 0. The molecule has 1 unspecified atom stereocenters. The van der Waals surface area contributed by atoms with Gasteiger partial charge in [-0.1, -0.05) is 35.0 Å². The van der Waals surface area contributed by atoms with Gasteiger partial charge < -0.3 is 9.26 Å². The van der Waals surface area contributed by atoms with Crippen LogP contribution in [-0.2, 0) is 11.3 Å². The minimum atomic E-state index is -0.0911. The maximum absolute atomic E-state index is 5.74. The van der Waals surface area contributed by atoms with E-state index in [-0.39, 0.29) is 6.10 Å². The largest absolute Gasteiger partial charge is 0.367 e. The lowest BCUT2D eigenvalue weighted by atomic mass is 10.1. The van der Waals surface area contributed by atoms with Gasteiger partial charge in [-0.15, -0.1) is 0 Å². The molecule has 0 radical (unpaired) electrons. The quantitative estimate of drug-likeness (QED) is 0.858. The number of morpholine rings is 1. The van der Waals surface area contributed by atoms with Gasteiger partial charge in [0.15, 0.2) is 0 Å². The number of ether oxygens (including phenoxy) is 1. The lowest BCUT2D eigenvalue weighted by Crippen LogP contribution is -2.38. The topological polar surface area (TPSA) is 51.4 Å². The molecule has 2 heterocycles. The van der Waals surface area contributed by atoms with Gasteiger partial charge in [0.1, 0.15) is 6.10 Å². The number of aromatic nitrogens is 2. The second kappa shape index (κ2) is 5.73. The Labute approximate surface area is 118 Å². The van der Waals surface area contributed by atoms with Crippen LogP contribution in [0.15, 0.2) is 28.8 Å². The van der Waals surface area contributed by atoms with Gasteiger partial charge in [-0.2, -0.15) is 4.98 Å². The summed E-state index contributed by atoms with van der Waals surface area (Å²) in [5, 5.41) is 3.95. The van der Waals surface area contributed by atoms with Crippen molar-refractivity contribution in [3.05, 3.63) is 47.1 Å². The molecule has 2 aromatic rings. The minimum Gasteiger partial charge on any atom is -0.367 e. The Morgan fingerprint density at radius 3 is 2.75 bits per heavy atom. The van der Waals surface area contributed by atoms with Gasteiger partial charge >= 0.3 is 0 Å². The van der Waals surface area contributed by atoms with E-state index in [1.807, 2.05) is 0 Å². The summed E-state index contributed by atoms with van der Waals surface area (Å²) in [6.45, 7) is 7.26. The number of hydrogen-bond donors (Lipinski definition) is 0. The van der Waals surface area contributed by atoms with Crippen molar-refractivity contribution in [2.24, 2.45) is 0 Å². The van der Waals surface area contributed by atoms with Crippen molar-refractivity contribution < 1.29 is 9.26 Å². The number of rotatable bonds is 3. The Balaban J connectivity index is 1.64. The van der Waals surface area contributed by atoms with Gasteiger partial charge in [0.05, 0.1) is 6.61 Å². The molecule has 1 aromatic carbocycles. The molecule has 5 heteroatoms. The fourth-order valence-corrected chi connectivity index (χ4v) is 2.40. The molecule has 1 fully saturated rings. The first-order valence-corrected chi connectivity index (χ1v) is 6.90. The zero-order valence-corrected chi connectivity index (χ0v) is 11.9. The van der Waals surface area contributed by atoms with E-state index in [4.69, 9.17) is 9.26 Å². The van der Waals surface area contributed by atoms with Crippen molar-refractivity contribution in [2.45, 2.75) is 26.5 Å². The summed E-state index contributed by atoms with van der Waals surface area (Å²) in [5.41, 5.74) is 2.61. The third-order valence-electron chi connectivity index (χ3n) is 3.51. The Kier molecular flexibility index (Phi) is 3.80. The SMILES string of the molecule is Cc1ccc(CN2CCOC(c3noc(C)n3)C2)cc1. The van der Waals surface area contributed by atoms with Crippen LogP contribution in [0.25, 0.3) is 0 Å². The number of nitrogens with zero attached hydrogens (tertiary/aromatic N) is 3. The molecule has 1 aliphatic rings. The van der Waals surface area contributed by atoms with Crippen molar-refractivity contribution in [1.82, 2.24) is 15.0 Å². The first-order chi connectivity index (χ1) is 9.70. The monoisotopic (exact) mass is 273 g/mol. The molecule has 1 atom stereocenters. The van der Waals surface area contributed by atoms with Gasteiger partial charge in [-0.05, 0) is 12.5 Å². The smallest absolute Gasteiger partial charge is 0.223 e. The zero-order chi connectivity index (χ0) is 13.9. The molecule has 1 saturated heterocycles. The highest BCUT2D eigenvalue weighted by Gasteiger charge is 2.25. The van der Waals surface area contributed by atoms with Gasteiger partial charge in [0, 0.05) is 26.6 Å². The van der Waals surface area contributed by atoms with Crippen LogP contribution in [-0.4, -0.2) is 34.7 Å². The number of benzene rings is 1. The van der Waals surface area contributed by atoms with E-state index in [9.17, 15) is 0 Å². The maximum Gasteiger partial charge on any atom is 0.223 e. The summed E-state index contributed by atoms with van der Waals surface area (Å²) in [7, 11) is 0. The predicted octanol–water partition coefficient (Wildman–Crippen LogP) is 2.26. The van der Waals surface area contributed by atoms with Gasteiger partial charge in [-0.3, -0.25) is 4.90 Å². The number of aryl methyl sites for hydroxylation is 2. The molecular formula is C15H19N3O2. The Hall–Kier alpha value is -1.72. The Bertz CT molecular complexity index is 565. The van der Waals surface area contributed by atoms with E-state index < -0.39 is 0 Å². The fourth-order valence-electron chi connectivity index (χ4n) is 2.40. The van der Waals surface area contributed by atoms with Gasteiger partial charge in [-0.25, -0.2) is 0 Å². The third-order valence-corrected chi connectivity index (χ3v) is 3.51. The average molecular weight is 273 g/mol. The van der Waals surface area contributed by atoms with Crippen molar-refractivity contribution in [2.75, 3.05) is 19.7 Å². The lowest BCUT2D eigenvalue weighted by Gasteiger charge is -2.31. The highest BCUT2D eigenvalue weighted by atomic mass is 16.5. The van der Waals surface area contributed by atoms with E-state index >= 15 is 0 Å². The maximum atomic E-state index is 5.74. The molecule has 0 bridgehead atoms. The van der Waals surface area contributed by atoms with Crippen LogP contribution in [0.3, 0.4) is 0 Å². The highest BCUT2D eigenvalue weighted by molar-refractivity contribution is 5.21. The molecule has 1 aromatic heterocycles. The zero-order valence-electron chi connectivity index (χ0n) is 11.9. The summed E-state index contributed by atoms with van der Waals surface area (Å²) in [5.74, 6) is 1.23. The summed E-state index contributed by atoms with van der Waals surface area (Å²) in [6.07, 6.45) is -0.0911. The summed E-state index contributed by atoms with van der Waals surface area (Å²) in [6, 6.07) is 8.65. The standard InChI is InChI=1S/C15H19N3O2/c1-11-3-5-13(6-4-11)9-18-7-8-19-14(10-18)15-16-12(2)20-17-15/h3-6,14H,7-10H2,1-2H3. The molecule has 0 N–H and O–H groups in total.